The van der Waals surface area contributed by atoms with Crippen molar-refractivity contribution in [3.05, 3.63) is 97.8 Å². The van der Waals surface area contributed by atoms with Crippen molar-refractivity contribution in [2.45, 2.75) is 122 Å². The van der Waals surface area contributed by atoms with Crippen molar-refractivity contribution in [3.63, 3.8) is 0 Å². The third kappa shape index (κ3) is 9.66. The number of halogens is 1. The summed E-state index contributed by atoms with van der Waals surface area (Å²) >= 11 is 5.18. The molecule has 2 saturated carbocycles. The highest BCUT2D eigenvalue weighted by molar-refractivity contribution is 9.10. The molecule has 15 nitrogen and oxygen atoms in total. The van der Waals surface area contributed by atoms with Crippen molar-refractivity contribution in [1.82, 2.24) is 39.4 Å². The molecule has 6 aromatic rings. The summed E-state index contributed by atoms with van der Waals surface area (Å²) in [5, 5.41) is 27.2. The van der Waals surface area contributed by atoms with Crippen LogP contribution in [-0.2, 0) is 19.1 Å². The topological polar surface area (TPSA) is 187 Å². The molecule has 2 aliphatic carbocycles. The number of β-amino-alcohol motifs (C(OH)–C–C–N with tert-alkyl or cyclic N) is 1. The summed E-state index contributed by atoms with van der Waals surface area (Å²) in [5.74, 6) is -0.279. The summed E-state index contributed by atoms with van der Waals surface area (Å²) < 4.78 is 11.7. The average Bonchev–Trinajstić information content (AvgIpc) is 3.70. The first-order valence-corrected chi connectivity index (χ1v) is 26.8. The molecule has 4 atom stereocenters. The second-order valence-corrected chi connectivity index (χ2v) is 23.0. The third-order valence-electron chi connectivity index (χ3n) is 15.4. The van der Waals surface area contributed by atoms with Gasteiger partial charge in [-0.15, -0.1) is 11.3 Å². The number of nitrogens with zero attached hydrogens (tertiary/aromatic N) is 7. The van der Waals surface area contributed by atoms with Gasteiger partial charge in [-0.05, 0) is 127 Å². The Balaban J connectivity index is 0.813. The number of carbonyl (C=O) groups is 3. The minimum atomic E-state index is -1.13. The van der Waals surface area contributed by atoms with Gasteiger partial charge in [-0.1, -0.05) is 70.0 Å². The highest BCUT2D eigenvalue weighted by Gasteiger charge is 2.53. The van der Waals surface area contributed by atoms with E-state index in [2.05, 4.69) is 69.7 Å². The molecule has 3 aromatic heterocycles. The molecule has 5 heterocycles. The van der Waals surface area contributed by atoms with Crippen molar-refractivity contribution in [3.8, 4) is 16.5 Å². The first-order chi connectivity index (χ1) is 34.1. The molecule has 71 heavy (non-hydrogen) atoms. The van der Waals surface area contributed by atoms with Crippen LogP contribution in [0.1, 0.15) is 113 Å². The Morgan fingerprint density at radius 3 is 2.42 bits per heavy atom. The summed E-state index contributed by atoms with van der Waals surface area (Å²) in [4.78, 5) is 69.4. The first kappa shape index (κ1) is 49.1. The van der Waals surface area contributed by atoms with Gasteiger partial charge in [0.15, 0.2) is 0 Å². The van der Waals surface area contributed by atoms with Gasteiger partial charge in [0, 0.05) is 30.0 Å². The van der Waals surface area contributed by atoms with Crippen LogP contribution in [0.15, 0.2) is 75.4 Å². The van der Waals surface area contributed by atoms with Crippen molar-refractivity contribution in [2.75, 3.05) is 39.4 Å². The van der Waals surface area contributed by atoms with Crippen molar-refractivity contribution in [1.29, 1.82) is 5.26 Å². The molecule has 0 spiro atoms. The van der Waals surface area contributed by atoms with E-state index >= 15 is 0 Å². The number of hydrogen-bond donors (Lipinski definition) is 3. The Bertz CT molecular complexity index is 3100. The highest BCUT2D eigenvalue weighted by Crippen LogP contribution is 2.46. The number of aryl methyl sites for hydroxylation is 1. The second-order valence-electron chi connectivity index (χ2n) is 21.2. The molecular formula is C54H62BrN9O6S. The van der Waals surface area contributed by atoms with Gasteiger partial charge < -0.3 is 34.8 Å². The van der Waals surface area contributed by atoms with E-state index < -0.39 is 52.8 Å². The molecule has 3 N–H and O–H groups in total. The minimum absolute atomic E-state index is 0.0449. The molecule has 0 unspecified atom stereocenters. The van der Waals surface area contributed by atoms with Crippen LogP contribution in [0.4, 0.5) is 0 Å². The van der Waals surface area contributed by atoms with Gasteiger partial charge in [0.05, 0.1) is 69.4 Å². The normalized spacial score (nSPS) is 20.7. The lowest BCUT2D eigenvalue weighted by atomic mass is 9.85. The number of hydrogen-bond acceptors (Lipinski definition) is 11. The monoisotopic (exact) mass is 1040 g/mol. The number of ether oxygens (including phenoxy) is 1. The summed E-state index contributed by atoms with van der Waals surface area (Å²) in [6, 6.07) is 20.5. The Hall–Kier alpha value is -5.51. The van der Waals surface area contributed by atoms with E-state index in [1.54, 1.807) is 11.3 Å². The molecule has 3 aromatic carbocycles. The van der Waals surface area contributed by atoms with Crippen LogP contribution in [0.5, 0.6) is 0 Å². The van der Waals surface area contributed by atoms with Crippen LogP contribution in [-0.4, -0.2) is 109 Å². The van der Waals surface area contributed by atoms with Gasteiger partial charge >= 0.3 is 0 Å². The number of benzene rings is 3. The van der Waals surface area contributed by atoms with E-state index in [9.17, 15) is 29.5 Å². The maximum atomic E-state index is 14.4. The van der Waals surface area contributed by atoms with Gasteiger partial charge in [-0.3, -0.25) is 23.6 Å². The molecule has 4 fully saturated rings. The fourth-order valence-electron chi connectivity index (χ4n) is 11.1. The number of piperidine rings is 1. The van der Waals surface area contributed by atoms with Crippen LogP contribution >= 0.6 is 27.3 Å². The van der Waals surface area contributed by atoms with Crippen molar-refractivity contribution >= 4 is 72.7 Å². The number of thiazole rings is 1. The molecule has 2 aliphatic heterocycles. The predicted molar refractivity (Wildman–Crippen MR) is 277 cm³/mol. The fourth-order valence-corrected chi connectivity index (χ4v) is 12.5. The number of aliphatic hydroxyl groups excluding tert-OH is 1. The number of nitriles is 1. The van der Waals surface area contributed by atoms with E-state index in [-0.39, 0.29) is 25.1 Å². The average molecular weight is 1050 g/mol. The quantitative estimate of drug-likeness (QED) is 0.0904. The number of amides is 3. The van der Waals surface area contributed by atoms with Crippen molar-refractivity contribution in [2.24, 2.45) is 10.8 Å². The largest absolute Gasteiger partial charge is 0.391 e. The van der Waals surface area contributed by atoms with E-state index in [0.29, 0.717) is 42.6 Å². The number of imidazole rings is 1. The fraction of sp³-hybridized carbons (Fsp3) is 0.500. The Labute approximate surface area is 425 Å². The standard InChI is InChI=1S/C54H62BrN9O6S/c1-32-46(71-31-57-32)35-14-12-34(13-15-35)40(58-48(66)44-27-38(65)28-62(44)50(68)47(53(2,3)4)59-51(69)54(30-56)20-21-54)29-70-25-24-61-22-18-33(19-23-61)36-16-17-41-43(26-36)63(37-8-5-6-9-37)52-60-49(67)45-39(55)10-7-11-42(45)64(41)52/h7,10-17,26,31,33,37-38,40,44,47,65H,5-6,8-9,18-25,27-29H2,1-4H3,(H,58,66)(H,59,69)/t38-,40+,44+,47-/m1/s1. The third-order valence-corrected chi connectivity index (χ3v) is 17.1. The van der Waals surface area contributed by atoms with Gasteiger partial charge in [0.2, 0.25) is 23.5 Å². The van der Waals surface area contributed by atoms with Crippen LogP contribution in [0.25, 0.3) is 38.2 Å². The number of likely N-dealkylation sites (tertiary alicyclic amines) is 2. The summed E-state index contributed by atoms with van der Waals surface area (Å²) in [6.45, 7) is 10.6. The highest BCUT2D eigenvalue weighted by atomic mass is 79.9. The maximum absolute atomic E-state index is 14.4. The lowest BCUT2D eigenvalue weighted by molar-refractivity contribution is -0.144. The van der Waals surface area contributed by atoms with Crippen LogP contribution in [0, 0.1) is 29.1 Å². The van der Waals surface area contributed by atoms with Gasteiger partial charge in [-0.2, -0.15) is 10.2 Å². The van der Waals surface area contributed by atoms with Gasteiger partial charge in [-0.25, -0.2) is 4.98 Å². The molecule has 2 saturated heterocycles. The summed E-state index contributed by atoms with van der Waals surface area (Å²) in [7, 11) is 0. The van der Waals surface area contributed by atoms with Crippen molar-refractivity contribution < 1.29 is 24.2 Å². The zero-order chi connectivity index (χ0) is 49.8. The molecule has 17 heteroatoms. The number of aromatic nitrogens is 4. The summed E-state index contributed by atoms with van der Waals surface area (Å²) in [5.41, 5.74) is 6.89. The van der Waals surface area contributed by atoms with E-state index in [0.717, 1.165) is 101 Å². The Kier molecular flexibility index (Phi) is 13.7. The Morgan fingerprint density at radius 1 is 1.00 bits per heavy atom. The van der Waals surface area contributed by atoms with E-state index in [4.69, 9.17) is 9.72 Å². The lowest BCUT2D eigenvalue weighted by Crippen LogP contribution is -2.58. The number of fused-ring (bicyclic) bond motifs is 5. The molecule has 372 valence electrons. The predicted octanol–water partition coefficient (Wildman–Crippen LogP) is 7.96. The minimum Gasteiger partial charge on any atom is -0.391 e. The second kappa shape index (κ2) is 19.8. The van der Waals surface area contributed by atoms with E-state index in [1.165, 1.54) is 10.5 Å². The van der Waals surface area contributed by atoms with Crippen LogP contribution < -0.4 is 16.2 Å². The Morgan fingerprint density at radius 2 is 1.75 bits per heavy atom. The molecular weight excluding hydrogens is 983 g/mol. The summed E-state index contributed by atoms with van der Waals surface area (Å²) in [6.07, 6.45) is 6.44. The molecule has 10 rings (SSSR count). The first-order valence-electron chi connectivity index (χ1n) is 25.1. The number of aliphatic hydroxyl groups is 1. The van der Waals surface area contributed by atoms with Crippen LogP contribution in [0.2, 0.25) is 0 Å². The molecule has 4 aliphatic rings. The van der Waals surface area contributed by atoms with Gasteiger partial charge in [0.25, 0.3) is 5.56 Å². The number of nitrogens with one attached hydrogen (secondary N) is 2. The zero-order valence-electron chi connectivity index (χ0n) is 40.8. The van der Waals surface area contributed by atoms with Crippen LogP contribution in [0.3, 0.4) is 0 Å². The smallest absolute Gasteiger partial charge is 0.283 e. The number of rotatable bonds is 14. The lowest BCUT2D eigenvalue weighted by Gasteiger charge is -2.36. The van der Waals surface area contributed by atoms with Gasteiger partial charge in [0.1, 0.15) is 17.5 Å². The molecule has 3 amide bonds. The molecule has 0 radical (unpaired) electrons. The SMILES string of the molecule is Cc1ncsc1-c1ccc([C@H](COCCN2CCC(c3ccc4c(c3)n(C3CCCC3)c3nc(=O)c5c(Br)cccc5n43)CC2)NC(=O)[C@@H]2C[C@@H](O)CN2C(=O)[C@@H](NC(=O)C2(C#N)CC2)C(C)(C)C)cc1. The molecule has 0 bridgehead atoms. The number of carbonyl (C=O) groups excluding carboxylic acids is 3. The van der Waals surface area contributed by atoms with E-state index in [1.807, 2.05) is 75.7 Å². The zero-order valence-corrected chi connectivity index (χ0v) is 43.2. The maximum Gasteiger partial charge on any atom is 0.283 e.